The Hall–Kier alpha value is -0.340. The van der Waals surface area contributed by atoms with E-state index in [0.29, 0.717) is 6.04 Å². The minimum Gasteiger partial charge on any atom is -0.378 e. The van der Waals surface area contributed by atoms with Crippen LogP contribution < -0.4 is 0 Å². The highest BCUT2D eigenvalue weighted by Gasteiger charge is 2.29. The number of rotatable bonds is 1. The van der Waals surface area contributed by atoms with Crippen molar-refractivity contribution in [2.75, 3.05) is 19.8 Å². The molecule has 0 aliphatic carbocycles. The van der Waals surface area contributed by atoms with Crippen LogP contribution in [-0.4, -0.2) is 36.2 Å². The van der Waals surface area contributed by atoms with E-state index in [2.05, 4.69) is 32.3 Å². The van der Waals surface area contributed by atoms with Gasteiger partial charge in [-0.2, -0.15) is 0 Å². The van der Waals surface area contributed by atoms with Gasteiger partial charge in [0.1, 0.15) is 0 Å². The molecule has 1 aliphatic heterocycles. The number of morpholine rings is 1. The minimum absolute atomic E-state index is 0.225. The van der Waals surface area contributed by atoms with Crippen molar-refractivity contribution in [1.29, 1.82) is 0 Å². The van der Waals surface area contributed by atoms with Crippen molar-refractivity contribution in [1.82, 2.24) is 4.90 Å². The molecule has 0 aromatic rings. The maximum atomic E-state index is 5.39. The van der Waals surface area contributed by atoms with Crippen molar-refractivity contribution in [3.05, 3.63) is 12.7 Å². The van der Waals surface area contributed by atoms with Crippen molar-refractivity contribution >= 4 is 0 Å². The van der Waals surface area contributed by atoms with E-state index < -0.39 is 0 Å². The van der Waals surface area contributed by atoms with Crippen molar-refractivity contribution in [3.63, 3.8) is 0 Å². The van der Waals surface area contributed by atoms with Crippen LogP contribution in [0.25, 0.3) is 0 Å². The molecule has 1 saturated heterocycles. The van der Waals surface area contributed by atoms with Gasteiger partial charge in [0.25, 0.3) is 0 Å². The smallest absolute Gasteiger partial charge is 0.0658 e. The Morgan fingerprint density at radius 2 is 2.17 bits per heavy atom. The zero-order valence-electron chi connectivity index (χ0n) is 8.34. The van der Waals surface area contributed by atoms with Gasteiger partial charge in [-0.1, -0.05) is 6.08 Å². The van der Waals surface area contributed by atoms with Crippen LogP contribution in [-0.2, 0) is 4.74 Å². The normalized spacial score (nSPS) is 27.1. The van der Waals surface area contributed by atoms with Crippen molar-refractivity contribution in [2.45, 2.75) is 32.4 Å². The lowest BCUT2D eigenvalue weighted by Gasteiger charge is -2.43. The Kier molecular flexibility index (Phi) is 2.91. The minimum atomic E-state index is 0.225. The molecule has 1 fully saturated rings. The van der Waals surface area contributed by atoms with Crippen molar-refractivity contribution in [2.24, 2.45) is 0 Å². The van der Waals surface area contributed by atoms with Gasteiger partial charge >= 0.3 is 0 Å². The second kappa shape index (κ2) is 3.58. The molecule has 12 heavy (non-hydrogen) atoms. The third kappa shape index (κ3) is 2.08. The molecule has 0 bridgehead atoms. The lowest BCUT2D eigenvalue weighted by atomic mass is 10.0. The summed E-state index contributed by atoms with van der Waals surface area (Å²) in [6.45, 7) is 13.2. The van der Waals surface area contributed by atoms with E-state index in [0.717, 1.165) is 19.8 Å². The Morgan fingerprint density at radius 3 is 2.58 bits per heavy atom. The summed E-state index contributed by atoms with van der Waals surface area (Å²) < 4.78 is 5.39. The van der Waals surface area contributed by atoms with Gasteiger partial charge in [0, 0.05) is 12.1 Å². The molecule has 0 unspecified atom stereocenters. The zero-order valence-corrected chi connectivity index (χ0v) is 8.34. The quantitative estimate of drug-likeness (QED) is 0.554. The van der Waals surface area contributed by atoms with Crippen molar-refractivity contribution in [3.8, 4) is 0 Å². The van der Waals surface area contributed by atoms with Crippen LogP contribution in [0.5, 0.6) is 0 Å². The van der Waals surface area contributed by atoms with Crippen LogP contribution in [0.4, 0.5) is 0 Å². The number of hydrogen-bond acceptors (Lipinski definition) is 2. The highest BCUT2D eigenvalue weighted by atomic mass is 16.5. The molecule has 0 saturated carbocycles. The van der Waals surface area contributed by atoms with Crippen LogP contribution in [0, 0.1) is 0 Å². The fourth-order valence-electron chi connectivity index (χ4n) is 1.65. The maximum absolute atomic E-state index is 5.39. The molecule has 0 spiro atoms. The van der Waals surface area contributed by atoms with E-state index in [1.165, 1.54) is 0 Å². The van der Waals surface area contributed by atoms with E-state index >= 15 is 0 Å². The van der Waals surface area contributed by atoms with Crippen LogP contribution >= 0.6 is 0 Å². The molecule has 0 amide bonds. The molecule has 0 aromatic heterocycles. The predicted octanol–water partition coefficient (Wildman–Crippen LogP) is 1.67. The Balaban J connectivity index is 2.65. The van der Waals surface area contributed by atoms with Crippen LogP contribution in [0.2, 0.25) is 0 Å². The lowest BCUT2D eigenvalue weighted by Crippen LogP contribution is -2.53. The molecule has 2 nitrogen and oxygen atoms in total. The maximum Gasteiger partial charge on any atom is 0.0658 e. The molecule has 70 valence electrons. The molecule has 0 radical (unpaired) electrons. The molecule has 0 aromatic carbocycles. The highest BCUT2D eigenvalue weighted by Crippen LogP contribution is 2.19. The van der Waals surface area contributed by atoms with Gasteiger partial charge in [-0.3, -0.25) is 4.90 Å². The third-order valence-electron chi connectivity index (χ3n) is 2.30. The fraction of sp³-hybridized carbons (Fsp3) is 0.800. The average molecular weight is 169 g/mol. The molecule has 2 heteroatoms. The first kappa shape index (κ1) is 9.75. The van der Waals surface area contributed by atoms with Gasteiger partial charge in [-0.15, -0.1) is 6.58 Å². The van der Waals surface area contributed by atoms with Crippen molar-refractivity contribution < 1.29 is 4.74 Å². The predicted molar refractivity (Wildman–Crippen MR) is 51.3 cm³/mol. The summed E-state index contributed by atoms with van der Waals surface area (Å²) in [5, 5.41) is 0. The Morgan fingerprint density at radius 1 is 1.50 bits per heavy atom. The summed E-state index contributed by atoms with van der Waals surface area (Å²) in [5.74, 6) is 0. The summed E-state index contributed by atoms with van der Waals surface area (Å²) in [5.41, 5.74) is 0.225. The van der Waals surface area contributed by atoms with E-state index in [1.54, 1.807) is 0 Å². The standard InChI is InChI=1S/C10H19NO/c1-5-9-8-12-7-6-11(9)10(2,3)4/h5,9H,1,6-8H2,2-4H3/t9-/m0/s1. The van der Waals surface area contributed by atoms with E-state index in [4.69, 9.17) is 4.74 Å². The molecule has 0 N–H and O–H groups in total. The Bertz CT molecular complexity index is 160. The van der Waals surface area contributed by atoms with Gasteiger partial charge < -0.3 is 4.74 Å². The highest BCUT2D eigenvalue weighted by molar-refractivity contribution is 4.94. The summed E-state index contributed by atoms with van der Waals surface area (Å²) in [6.07, 6.45) is 1.98. The molecular formula is C10H19NO. The molecule has 1 rings (SSSR count). The largest absolute Gasteiger partial charge is 0.378 e. The van der Waals surface area contributed by atoms with Gasteiger partial charge in [0.15, 0.2) is 0 Å². The first-order chi connectivity index (χ1) is 5.55. The number of nitrogens with zero attached hydrogens (tertiary/aromatic N) is 1. The van der Waals surface area contributed by atoms with E-state index in [9.17, 15) is 0 Å². The molecule has 1 heterocycles. The topological polar surface area (TPSA) is 12.5 Å². The molecular weight excluding hydrogens is 150 g/mol. The summed E-state index contributed by atoms with van der Waals surface area (Å²) in [7, 11) is 0. The van der Waals surface area contributed by atoms with Gasteiger partial charge in [0.05, 0.1) is 19.3 Å². The molecule has 1 aliphatic rings. The molecule has 1 atom stereocenters. The summed E-state index contributed by atoms with van der Waals surface area (Å²) in [4.78, 5) is 2.43. The lowest BCUT2D eigenvalue weighted by molar-refractivity contribution is -0.0318. The van der Waals surface area contributed by atoms with Gasteiger partial charge in [-0.25, -0.2) is 0 Å². The van der Waals surface area contributed by atoms with Gasteiger partial charge in [0.2, 0.25) is 0 Å². The van der Waals surface area contributed by atoms with Gasteiger partial charge in [-0.05, 0) is 20.8 Å². The van der Waals surface area contributed by atoms with E-state index in [1.807, 2.05) is 6.08 Å². The second-order valence-corrected chi connectivity index (χ2v) is 4.24. The van der Waals surface area contributed by atoms with Crippen LogP contribution in [0.15, 0.2) is 12.7 Å². The van der Waals surface area contributed by atoms with Crippen LogP contribution in [0.1, 0.15) is 20.8 Å². The monoisotopic (exact) mass is 169 g/mol. The summed E-state index contributed by atoms with van der Waals surface area (Å²) in [6, 6.07) is 0.388. The SMILES string of the molecule is C=C[C@H]1COCCN1C(C)(C)C. The number of ether oxygens (including phenoxy) is 1. The Labute approximate surface area is 75.2 Å². The van der Waals surface area contributed by atoms with E-state index in [-0.39, 0.29) is 5.54 Å². The first-order valence-corrected chi connectivity index (χ1v) is 4.53. The zero-order chi connectivity index (χ0) is 9.19. The average Bonchev–Trinajstić information content (AvgIpc) is 2.03. The first-order valence-electron chi connectivity index (χ1n) is 4.53. The fourth-order valence-corrected chi connectivity index (χ4v) is 1.65. The third-order valence-corrected chi connectivity index (χ3v) is 2.30. The number of hydrogen-bond donors (Lipinski definition) is 0. The van der Waals surface area contributed by atoms with Crippen LogP contribution in [0.3, 0.4) is 0 Å². The summed E-state index contributed by atoms with van der Waals surface area (Å²) >= 11 is 0. The second-order valence-electron chi connectivity index (χ2n) is 4.24.